The topological polar surface area (TPSA) is 21.3 Å². The summed E-state index contributed by atoms with van der Waals surface area (Å²) in [5.74, 6) is 0.591. The Hall–Kier alpha value is -0.860. The quantitative estimate of drug-likeness (QED) is 0.784. The van der Waals surface area contributed by atoms with E-state index in [1.807, 2.05) is 20.8 Å². The Morgan fingerprint density at radius 2 is 1.69 bits per heavy atom. The molecule has 1 rings (SSSR count). The number of hydrogen-bond donors (Lipinski definition) is 1. The van der Waals surface area contributed by atoms with E-state index >= 15 is 0 Å². The molecule has 0 fully saturated rings. The summed E-state index contributed by atoms with van der Waals surface area (Å²) >= 11 is 0. The summed E-state index contributed by atoms with van der Waals surface area (Å²) in [6.45, 7) is 11.2. The number of hydrogen-bond acceptors (Lipinski definition) is 2. The van der Waals surface area contributed by atoms with Gasteiger partial charge in [-0.2, -0.15) is 5.48 Å². The molecule has 0 saturated heterocycles. The molecule has 90 valence electrons. The molecule has 0 unspecified atom stereocenters. The van der Waals surface area contributed by atoms with Crippen LogP contribution >= 0.6 is 0 Å². The van der Waals surface area contributed by atoms with Crippen LogP contribution in [0.15, 0.2) is 24.3 Å². The van der Waals surface area contributed by atoms with Crippen molar-refractivity contribution in [1.82, 2.24) is 5.48 Å². The Bertz CT molecular complexity index is 309. The lowest BCUT2D eigenvalue weighted by molar-refractivity contribution is -0.0757. The molecule has 0 heterocycles. The molecule has 1 aromatic carbocycles. The van der Waals surface area contributed by atoms with Gasteiger partial charge in [-0.15, -0.1) is 0 Å². The standard InChI is InChI=1S/C14H23NO/c1-11(2)13-8-6-12(7-9-13)10-15-16-14(3,4)5/h6-9,11,15H,10H2,1-5H3. The predicted molar refractivity (Wildman–Crippen MR) is 68.2 cm³/mol. The molecule has 0 radical (unpaired) electrons. The molecule has 16 heavy (non-hydrogen) atoms. The van der Waals surface area contributed by atoms with Crippen molar-refractivity contribution in [3.63, 3.8) is 0 Å². The van der Waals surface area contributed by atoms with Gasteiger partial charge in [0.25, 0.3) is 0 Å². The first kappa shape index (κ1) is 13.2. The fraction of sp³-hybridized carbons (Fsp3) is 0.571. The molecule has 0 aliphatic carbocycles. The van der Waals surface area contributed by atoms with Gasteiger partial charge < -0.3 is 0 Å². The second-order valence-electron chi connectivity index (χ2n) is 5.43. The smallest absolute Gasteiger partial charge is 0.0813 e. The lowest BCUT2D eigenvalue weighted by Gasteiger charge is -2.19. The average molecular weight is 221 g/mol. The molecule has 0 bridgehead atoms. The van der Waals surface area contributed by atoms with E-state index in [9.17, 15) is 0 Å². The van der Waals surface area contributed by atoms with Crippen LogP contribution in [0.4, 0.5) is 0 Å². The van der Waals surface area contributed by atoms with Crippen LogP contribution in [-0.4, -0.2) is 5.60 Å². The van der Waals surface area contributed by atoms with Gasteiger partial charge in [0.2, 0.25) is 0 Å². The van der Waals surface area contributed by atoms with Gasteiger partial charge in [0.1, 0.15) is 0 Å². The van der Waals surface area contributed by atoms with Crippen LogP contribution in [-0.2, 0) is 11.4 Å². The lowest BCUT2D eigenvalue weighted by atomic mass is 10.0. The van der Waals surface area contributed by atoms with E-state index in [-0.39, 0.29) is 5.60 Å². The monoisotopic (exact) mass is 221 g/mol. The first-order chi connectivity index (χ1) is 7.38. The molecule has 0 aliphatic heterocycles. The van der Waals surface area contributed by atoms with E-state index in [1.54, 1.807) is 0 Å². The van der Waals surface area contributed by atoms with Crippen LogP contribution in [0.2, 0.25) is 0 Å². The molecule has 1 N–H and O–H groups in total. The van der Waals surface area contributed by atoms with E-state index in [1.165, 1.54) is 11.1 Å². The van der Waals surface area contributed by atoms with Crippen LogP contribution < -0.4 is 5.48 Å². The summed E-state index contributed by atoms with van der Waals surface area (Å²) in [6, 6.07) is 8.65. The highest BCUT2D eigenvalue weighted by Gasteiger charge is 2.09. The Morgan fingerprint density at radius 3 is 2.12 bits per heavy atom. The van der Waals surface area contributed by atoms with Crippen molar-refractivity contribution in [2.75, 3.05) is 0 Å². The average Bonchev–Trinajstić information content (AvgIpc) is 2.16. The van der Waals surface area contributed by atoms with Crippen molar-refractivity contribution in [2.45, 2.75) is 52.7 Å². The summed E-state index contributed by atoms with van der Waals surface area (Å²) < 4.78 is 0. The molecule has 0 amide bonds. The third kappa shape index (κ3) is 4.77. The highest BCUT2D eigenvalue weighted by molar-refractivity contribution is 5.24. The first-order valence-corrected chi connectivity index (χ1v) is 5.88. The molecule has 1 aromatic rings. The second kappa shape index (κ2) is 5.46. The van der Waals surface area contributed by atoms with Gasteiger partial charge in [0.15, 0.2) is 0 Å². The van der Waals surface area contributed by atoms with Crippen molar-refractivity contribution >= 4 is 0 Å². The summed E-state index contributed by atoms with van der Waals surface area (Å²) in [6.07, 6.45) is 0. The predicted octanol–water partition coefficient (Wildman–Crippen LogP) is 3.63. The number of nitrogens with one attached hydrogen (secondary N) is 1. The van der Waals surface area contributed by atoms with E-state index in [0.29, 0.717) is 5.92 Å². The maximum Gasteiger partial charge on any atom is 0.0813 e. The largest absolute Gasteiger partial charge is 0.296 e. The molecule has 0 aliphatic rings. The van der Waals surface area contributed by atoms with E-state index in [2.05, 4.69) is 43.6 Å². The van der Waals surface area contributed by atoms with Gasteiger partial charge in [0.05, 0.1) is 5.60 Å². The highest BCUT2D eigenvalue weighted by Crippen LogP contribution is 2.14. The minimum absolute atomic E-state index is 0.141. The molecule has 0 aromatic heterocycles. The maximum atomic E-state index is 5.46. The minimum Gasteiger partial charge on any atom is -0.296 e. The van der Waals surface area contributed by atoms with Crippen LogP contribution in [0.3, 0.4) is 0 Å². The molecule has 2 heteroatoms. The zero-order valence-corrected chi connectivity index (χ0v) is 11.0. The number of benzene rings is 1. The van der Waals surface area contributed by atoms with Crippen molar-refractivity contribution in [3.8, 4) is 0 Å². The van der Waals surface area contributed by atoms with Gasteiger partial charge in [-0.1, -0.05) is 38.1 Å². The van der Waals surface area contributed by atoms with Crippen LogP contribution in [0.25, 0.3) is 0 Å². The summed E-state index contributed by atoms with van der Waals surface area (Å²) in [4.78, 5) is 5.46. The molecule has 2 nitrogen and oxygen atoms in total. The second-order valence-corrected chi connectivity index (χ2v) is 5.43. The van der Waals surface area contributed by atoms with E-state index in [4.69, 9.17) is 4.84 Å². The Kier molecular flexibility index (Phi) is 4.51. The molecule has 0 saturated carbocycles. The molecular formula is C14H23NO. The van der Waals surface area contributed by atoms with Crippen molar-refractivity contribution in [3.05, 3.63) is 35.4 Å². The van der Waals surface area contributed by atoms with Gasteiger partial charge in [0, 0.05) is 6.54 Å². The van der Waals surface area contributed by atoms with Gasteiger partial charge in [-0.05, 0) is 37.8 Å². The van der Waals surface area contributed by atoms with E-state index in [0.717, 1.165) is 6.54 Å². The Labute approximate surface area is 99.0 Å². The van der Waals surface area contributed by atoms with Crippen molar-refractivity contribution in [2.24, 2.45) is 0 Å². The number of rotatable bonds is 4. The molecule has 0 spiro atoms. The minimum atomic E-state index is -0.141. The summed E-state index contributed by atoms with van der Waals surface area (Å²) in [5.41, 5.74) is 5.47. The number of hydroxylamine groups is 1. The molecular weight excluding hydrogens is 198 g/mol. The Morgan fingerprint density at radius 1 is 1.12 bits per heavy atom. The fourth-order valence-electron chi connectivity index (χ4n) is 1.36. The van der Waals surface area contributed by atoms with Crippen LogP contribution in [0.1, 0.15) is 51.7 Å². The van der Waals surface area contributed by atoms with Gasteiger partial charge in [-0.25, -0.2) is 0 Å². The third-order valence-electron chi connectivity index (χ3n) is 2.30. The first-order valence-electron chi connectivity index (χ1n) is 5.88. The Balaban J connectivity index is 2.44. The van der Waals surface area contributed by atoms with Crippen molar-refractivity contribution < 1.29 is 4.84 Å². The fourth-order valence-corrected chi connectivity index (χ4v) is 1.36. The van der Waals surface area contributed by atoms with Gasteiger partial charge >= 0.3 is 0 Å². The van der Waals surface area contributed by atoms with E-state index < -0.39 is 0 Å². The summed E-state index contributed by atoms with van der Waals surface area (Å²) in [5, 5.41) is 0. The van der Waals surface area contributed by atoms with Crippen molar-refractivity contribution in [1.29, 1.82) is 0 Å². The maximum absolute atomic E-state index is 5.46. The van der Waals surface area contributed by atoms with Crippen LogP contribution in [0.5, 0.6) is 0 Å². The molecule has 0 atom stereocenters. The SMILES string of the molecule is CC(C)c1ccc(CNOC(C)(C)C)cc1. The zero-order valence-electron chi connectivity index (χ0n) is 11.0. The zero-order chi connectivity index (χ0) is 12.2. The third-order valence-corrected chi connectivity index (χ3v) is 2.30. The highest BCUT2D eigenvalue weighted by atomic mass is 16.7. The normalized spacial score (nSPS) is 12.1. The van der Waals surface area contributed by atoms with Gasteiger partial charge in [-0.3, -0.25) is 4.84 Å². The van der Waals surface area contributed by atoms with Crippen LogP contribution in [0, 0.1) is 0 Å². The summed E-state index contributed by atoms with van der Waals surface area (Å²) in [7, 11) is 0. The lowest BCUT2D eigenvalue weighted by Crippen LogP contribution is -2.28.